The van der Waals surface area contributed by atoms with Crippen molar-refractivity contribution in [3.8, 4) is 0 Å². The summed E-state index contributed by atoms with van der Waals surface area (Å²) in [7, 11) is 0. The summed E-state index contributed by atoms with van der Waals surface area (Å²) in [5, 5.41) is 3.81. The van der Waals surface area contributed by atoms with E-state index in [0.717, 1.165) is 5.57 Å². The van der Waals surface area contributed by atoms with Crippen LogP contribution in [-0.2, 0) is 19.2 Å². The first-order valence-corrected chi connectivity index (χ1v) is 7.98. The second kappa shape index (κ2) is 8.41. The number of carbonyl (C=O) groups excluding carboxylic acids is 2. The van der Waals surface area contributed by atoms with E-state index < -0.39 is 17.9 Å². The van der Waals surface area contributed by atoms with Gasteiger partial charge in [0, 0.05) is 25.1 Å². The lowest BCUT2D eigenvalue weighted by molar-refractivity contribution is -0.160. The Morgan fingerprint density at radius 3 is 2.88 bits per heavy atom. The maximum Gasteiger partial charge on any atom is 0.351 e. The number of amides is 1. The van der Waals surface area contributed by atoms with E-state index >= 15 is 0 Å². The van der Waals surface area contributed by atoms with Gasteiger partial charge in [0.2, 0.25) is 6.10 Å². The molecule has 6 nitrogen and oxygen atoms in total. The topological polar surface area (TPSA) is 68.2 Å². The molecule has 1 atom stereocenters. The van der Waals surface area contributed by atoms with Crippen LogP contribution >= 0.6 is 0 Å². The van der Waals surface area contributed by atoms with Gasteiger partial charge in [-0.2, -0.15) is 0 Å². The smallest absolute Gasteiger partial charge is 0.351 e. The van der Waals surface area contributed by atoms with E-state index in [1.165, 1.54) is 12.1 Å². The zero-order valence-electron chi connectivity index (χ0n) is 14.3. The predicted octanol–water partition coefficient (Wildman–Crippen LogP) is 2.29. The largest absolute Gasteiger partial charge is 0.453 e. The van der Waals surface area contributed by atoms with Gasteiger partial charge in [-0.05, 0) is 26.0 Å². The zero-order valence-corrected chi connectivity index (χ0v) is 14.3. The molecule has 0 saturated carbocycles. The van der Waals surface area contributed by atoms with Crippen molar-refractivity contribution in [1.29, 1.82) is 0 Å². The summed E-state index contributed by atoms with van der Waals surface area (Å²) in [6.45, 7) is 7.96. The Morgan fingerprint density at radius 1 is 1.48 bits per heavy atom. The fourth-order valence-corrected chi connectivity index (χ4v) is 2.36. The molecule has 25 heavy (non-hydrogen) atoms. The van der Waals surface area contributed by atoms with Gasteiger partial charge >= 0.3 is 5.97 Å². The Hall–Kier alpha value is -2.70. The average molecular weight is 348 g/mol. The van der Waals surface area contributed by atoms with E-state index in [1.807, 2.05) is 13.8 Å². The van der Waals surface area contributed by atoms with E-state index in [-0.39, 0.29) is 18.9 Å². The summed E-state index contributed by atoms with van der Waals surface area (Å²) in [4.78, 5) is 30.7. The summed E-state index contributed by atoms with van der Waals surface area (Å²) in [6, 6.07) is 5.87. The SMILES string of the molecule is C=C(C)CN(CC)C(=O)COC(=O)C1CC(c2cccc(F)c2)=NO1. The second-order valence-corrected chi connectivity index (χ2v) is 5.82. The zero-order chi connectivity index (χ0) is 18.4. The predicted molar refractivity (Wildman–Crippen MR) is 90.5 cm³/mol. The fraction of sp³-hybridized carbons (Fsp3) is 0.389. The van der Waals surface area contributed by atoms with Gasteiger partial charge in [0.25, 0.3) is 5.91 Å². The minimum atomic E-state index is -0.928. The normalized spacial score (nSPS) is 16.0. The highest BCUT2D eigenvalue weighted by Gasteiger charge is 2.31. The number of likely N-dealkylation sites (N-methyl/N-ethyl adjacent to an activating group) is 1. The first-order valence-electron chi connectivity index (χ1n) is 7.98. The maximum atomic E-state index is 13.2. The first kappa shape index (κ1) is 18.6. The van der Waals surface area contributed by atoms with Gasteiger partial charge in [-0.15, -0.1) is 0 Å². The lowest BCUT2D eigenvalue weighted by atomic mass is 10.1. The number of ether oxygens (including phenoxy) is 1. The van der Waals surface area contributed by atoms with Gasteiger partial charge in [-0.3, -0.25) is 4.79 Å². The molecule has 0 aliphatic carbocycles. The molecule has 0 N–H and O–H groups in total. The minimum absolute atomic E-state index is 0.166. The molecule has 0 spiro atoms. The third-order valence-corrected chi connectivity index (χ3v) is 3.62. The molecule has 1 aromatic carbocycles. The summed E-state index contributed by atoms with van der Waals surface area (Å²) >= 11 is 0. The van der Waals surface area contributed by atoms with Crippen molar-refractivity contribution in [2.24, 2.45) is 5.16 Å². The van der Waals surface area contributed by atoms with Crippen molar-refractivity contribution in [1.82, 2.24) is 4.90 Å². The second-order valence-electron chi connectivity index (χ2n) is 5.82. The molecule has 0 bridgehead atoms. The van der Waals surface area contributed by atoms with Crippen LogP contribution in [0.3, 0.4) is 0 Å². The molecule has 0 aromatic heterocycles. The molecule has 134 valence electrons. The molecular weight excluding hydrogens is 327 g/mol. The Morgan fingerprint density at radius 2 is 2.24 bits per heavy atom. The van der Waals surface area contributed by atoms with Gasteiger partial charge in [0.1, 0.15) is 5.82 Å². The lowest BCUT2D eigenvalue weighted by Gasteiger charge is -2.21. The number of hydrogen-bond acceptors (Lipinski definition) is 5. The molecule has 1 aliphatic heterocycles. The van der Waals surface area contributed by atoms with Crippen molar-refractivity contribution in [2.45, 2.75) is 26.4 Å². The quantitative estimate of drug-likeness (QED) is 0.560. The fourth-order valence-electron chi connectivity index (χ4n) is 2.36. The van der Waals surface area contributed by atoms with Gasteiger partial charge in [-0.1, -0.05) is 29.4 Å². The standard InChI is InChI=1S/C18H21FN2O4/c1-4-21(10-12(2)3)17(22)11-24-18(23)16-9-15(20-25-16)13-6-5-7-14(19)8-13/h5-8,16H,2,4,9-11H2,1,3H3. The number of rotatable bonds is 7. The molecule has 1 aliphatic rings. The number of halogens is 1. The van der Waals surface area contributed by atoms with E-state index in [2.05, 4.69) is 11.7 Å². The van der Waals surface area contributed by atoms with Crippen LogP contribution in [0.25, 0.3) is 0 Å². The van der Waals surface area contributed by atoms with E-state index in [4.69, 9.17) is 9.57 Å². The molecule has 7 heteroatoms. The molecule has 1 heterocycles. The van der Waals surface area contributed by atoms with Crippen molar-refractivity contribution >= 4 is 17.6 Å². The number of esters is 1. The van der Waals surface area contributed by atoms with Crippen molar-refractivity contribution in [3.05, 3.63) is 47.8 Å². The Balaban J connectivity index is 1.85. The van der Waals surface area contributed by atoms with Crippen LogP contribution in [0.15, 0.2) is 41.6 Å². The lowest BCUT2D eigenvalue weighted by Crippen LogP contribution is -2.37. The molecule has 1 aromatic rings. The number of carbonyl (C=O) groups is 2. The Labute approximate surface area is 145 Å². The van der Waals surface area contributed by atoms with Gasteiger partial charge in [0.15, 0.2) is 6.61 Å². The summed E-state index contributed by atoms with van der Waals surface area (Å²) < 4.78 is 18.3. The van der Waals surface area contributed by atoms with Gasteiger partial charge in [-0.25, -0.2) is 9.18 Å². The molecule has 0 fully saturated rings. The third kappa shape index (κ3) is 5.14. The van der Waals surface area contributed by atoms with Crippen LogP contribution in [0.2, 0.25) is 0 Å². The van der Waals surface area contributed by atoms with Crippen LogP contribution in [0.4, 0.5) is 4.39 Å². The highest BCUT2D eigenvalue weighted by molar-refractivity contribution is 6.03. The van der Waals surface area contributed by atoms with Crippen LogP contribution in [0.5, 0.6) is 0 Å². The van der Waals surface area contributed by atoms with Gasteiger partial charge in [0.05, 0.1) is 5.71 Å². The maximum absolute atomic E-state index is 13.2. The van der Waals surface area contributed by atoms with E-state index in [1.54, 1.807) is 17.0 Å². The van der Waals surface area contributed by atoms with Crippen LogP contribution < -0.4 is 0 Å². The number of hydrogen-bond donors (Lipinski definition) is 0. The summed E-state index contributed by atoms with van der Waals surface area (Å²) in [6.07, 6.45) is -0.762. The van der Waals surface area contributed by atoms with Gasteiger partial charge < -0.3 is 14.5 Å². The van der Waals surface area contributed by atoms with Crippen LogP contribution in [-0.4, -0.2) is 48.3 Å². The third-order valence-electron chi connectivity index (χ3n) is 3.62. The van der Waals surface area contributed by atoms with Crippen LogP contribution in [0, 0.1) is 5.82 Å². The molecule has 0 radical (unpaired) electrons. The minimum Gasteiger partial charge on any atom is -0.453 e. The molecule has 2 rings (SSSR count). The van der Waals surface area contributed by atoms with E-state index in [9.17, 15) is 14.0 Å². The molecule has 0 saturated heterocycles. The number of oxime groups is 1. The highest BCUT2D eigenvalue weighted by atomic mass is 19.1. The Bertz CT molecular complexity index is 702. The summed E-state index contributed by atoms with van der Waals surface area (Å²) in [5.41, 5.74) is 1.85. The monoisotopic (exact) mass is 348 g/mol. The first-order chi connectivity index (χ1) is 11.9. The van der Waals surface area contributed by atoms with Crippen molar-refractivity contribution < 1.29 is 23.6 Å². The average Bonchev–Trinajstić information content (AvgIpc) is 3.07. The number of nitrogens with zero attached hydrogens (tertiary/aromatic N) is 2. The molecular formula is C18H21FN2O4. The van der Waals surface area contributed by atoms with Crippen molar-refractivity contribution in [3.63, 3.8) is 0 Å². The molecule has 1 unspecified atom stereocenters. The highest BCUT2D eigenvalue weighted by Crippen LogP contribution is 2.18. The van der Waals surface area contributed by atoms with E-state index in [0.29, 0.717) is 24.4 Å². The Kier molecular flexibility index (Phi) is 6.27. The van der Waals surface area contributed by atoms with Crippen LogP contribution in [0.1, 0.15) is 25.8 Å². The van der Waals surface area contributed by atoms with Crippen molar-refractivity contribution in [2.75, 3.05) is 19.7 Å². The summed E-state index contributed by atoms with van der Waals surface area (Å²) in [5.74, 6) is -1.37. The number of benzene rings is 1. The molecule has 1 amide bonds.